The third-order valence-electron chi connectivity index (χ3n) is 7.70. The summed E-state index contributed by atoms with van der Waals surface area (Å²) in [4.78, 5) is 40.9. The minimum absolute atomic E-state index is 0.0133. The van der Waals surface area contributed by atoms with Crippen molar-refractivity contribution < 1.29 is 28.1 Å². The van der Waals surface area contributed by atoms with Crippen molar-refractivity contribution in [3.63, 3.8) is 0 Å². The van der Waals surface area contributed by atoms with Crippen LogP contribution in [0.1, 0.15) is 29.0 Å². The summed E-state index contributed by atoms with van der Waals surface area (Å²) in [6.45, 7) is 0.0133. The minimum atomic E-state index is -1.53. The number of fused-ring (bicyclic) bond motifs is 2. The molecule has 9 heteroatoms. The first-order chi connectivity index (χ1) is 19.5. The highest BCUT2D eigenvalue weighted by molar-refractivity contribution is 7.86. The second kappa shape index (κ2) is 10.7. The fraction of sp³-hybridized carbons (Fsp3) is 0.258. The van der Waals surface area contributed by atoms with Gasteiger partial charge in [0.05, 0.1) is 29.6 Å². The molecule has 1 N–H and O–H groups in total. The summed E-state index contributed by atoms with van der Waals surface area (Å²) in [5.41, 5.74) is 3.43. The van der Waals surface area contributed by atoms with E-state index in [1.807, 2.05) is 60.7 Å². The molecular formula is C31H28N2O6S. The molecular weight excluding hydrogens is 528 g/mol. The van der Waals surface area contributed by atoms with Gasteiger partial charge in [0.1, 0.15) is 29.5 Å². The van der Waals surface area contributed by atoms with Gasteiger partial charge in [-0.25, -0.2) is 4.79 Å². The van der Waals surface area contributed by atoms with Crippen LogP contribution in [-0.2, 0) is 42.9 Å². The third kappa shape index (κ3) is 4.60. The van der Waals surface area contributed by atoms with Crippen molar-refractivity contribution in [3.05, 3.63) is 113 Å². The molecule has 6 rings (SSSR count). The Morgan fingerprint density at radius 1 is 0.950 bits per heavy atom. The molecule has 2 amide bonds. The predicted molar refractivity (Wildman–Crippen MR) is 148 cm³/mol. The first-order valence-electron chi connectivity index (χ1n) is 13.1. The molecule has 8 nitrogen and oxygen atoms in total. The van der Waals surface area contributed by atoms with Gasteiger partial charge in [0, 0.05) is 5.92 Å². The number of benzene rings is 3. The molecule has 0 spiro atoms. The Bertz CT molecular complexity index is 1510. The summed E-state index contributed by atoms with van der Waals surface area (Å²) in [5, 5.41) is 1.50. The highest BCUT2D eigenvalue weighted by Crippen LogP contribution is 2.53. The smallest absolute Gasteiger partial charge is 0.355 e. The van der Waals surface area contributed by atoms with Crippen molar-refractivity contribution in [2.75, 3.05) is 7.11 Å². The Morgan fingerprint density at radius 3 is 2.30 bits per heavy atom. The van der Waals surface area contributed by atoms with Crippen LogP contribution in [0.5, 0.6) is 5.75 Å². The molecule has 2 heterocycles. The maximum Gasteiger partial charge on any atom is 0.355 e. The molecule has 1 saturated heterocycles. The fourth-order valence-electron chi connectivity index (χ4n) is 5.62. The summed E-state index contributed by atoms with van der Waals surface area (Å²) in [5.74, 6) is -0.794. The minimum Gasteiger partial charge on any atom is -0.497 e. The van der Waals surface area contributed by atoms with E-state index in [9.17, 15) is 18.6 Å². The summed E-state index contributed by atoms with van der Waals surface area (Å²) in [6.07, 6.45) is 0.604. The molecule has 1 aliphatic carbocycles. The number of esters is 1. The van der Waals surface area contributed by atoms with Crippen LogP contribution in [0.15, 0.2) is 96.2 Å². The average Bonchev–Trinajstić information content (AvgIpc) is 2.96. The first kappa shape index (κ1) is 26.0. The Kier molecular flexibility index (Phi) is 6.98. The zero-order valence-corrected chi connectivity index (χ0v) is 22.6. The van der Waals surface area contributed by atoms with Crippen molar-refractivity contribution in [3.8, 4) is 5.75 Å². The lowest BCUT2D eigenvalue weighted by Crippen LogP contribution is -2.75. The van der Waals surface area contributed by atoms with Gasteiger partial charge >= 0.3 is 5.97 Å². The molecule has 1 saturated carbocycles. The number of β-lactam (4-membered cyclic amide) rings is 1. The van der Waals surface area contributed by atoms with E-state index in [0.29, 0.717) is 17.7 Å². The number of amides is 2. The molecule has 2 fully saturated rings. The van der Waals surface area contributed by atoms with Crippen LogP contribution < -0.4 is 10.1 Å². The SMILES string of the molecule is COc1ccc(COC(=O)C2=C3CC(c4ccccc4)[C@@H]3[S@](=O)[C@@H]3[C@H](NC(=O)Cc4ccccc4)C(=O)N23)cc1. The van der Waals surface area contributed by atoms with Crippen LogP contribution in [0, 0.1) is 0 Å². The summed E-state index contributed by atoms with van der Waals surface area (Å²) in [7, 11) is 0.0443. The second-order valence-corrected chi connectivity index (χ2v) is 11.7. The van der Waals surface area contributed by atoms with Gasteiger partial charge < -0.3 is 14.8 Å². The van der Waals surface area contributed by atoms with Gasteiger partial charge in [0.25, 0.3) is 5.91 Å². The Hall–Kier alpha value is -4.24. The number of carbonyl (C=O) groups excluding carboxylic acids is 3. The van der Waals surface area contributed by atoms with E-state index in [0.717, 1.165) is 16.7 Å². The summed E-state index contributed by atoms with van der Waals surface area (Å²) in [6, 6.07) is 25.1. The van der Waals surface area contributed by atoms with Crippen LogP contribution in [0.2, 0.25) is 0 Å². The summed E-state index contributed by atoms with van der Waals surface area (Å²) >= 11 is 0. The largest absolute Gasteiger partial charge is 0.497 e. The van der Waals surface area contributed by atoms with Gasteiger partial charge in [-0.2, -0.15) is 0 Å². The van der Waals surface area contributed by atoms with Crippen molar-refractivity contribution in [1.82, 2.24) is 10.2 Å². The first-order valence-corrected chi connectivity index (χ1v) is 14.4. The number of carbonyl (C=O) groups is 3. The fourth-order valence-corrected chi connectivity index (χ4v) is 7.86. The van der Waals surface area contributed by atoms with Crippen LogP contribution >= 0.6 is 0 Å². The van der Waals surface area contributed by atoms with Crippen LogP contribution in [0.3, 0.4) is 0 Å². The summed E-state index contributed by atoms with van der Waals surface area (Å²) < 4.78 is 24.7. The quantitative estimate of drug-likeness (QED) is 0.338. The zero-order chi connectivity index (χ0) is 27.8. The molecule has 3 aromatic carbocycles. The normalized spacial score (nSPS) is 24.7. The molecule has 40 heavy (non-hydrogen) atoms. The van der Waals surface area contributed by atoms with Crippen LogP contribution in [0.25, 0.3) is 0 Å². The van der Waals surface area contributed by atoms with Crippen molar-refractivity contribution in [1.29, 1.82) is 0 Å². The van der Waals surface area contributed by atoms with Gasteiger partial charge in [-0.3, -0.25) is 18.7 Å². The van der Waals surface area contributed by atoms with Crippen LogP contribution in [-0.4, -0.2) is 50.7 Å². The second-order valence-electron chi connectivity index (χ2n) is 10.1. The highest BCUT2D eigenvalue weighted by atomic mass is 32.2. The standard InChI is InChI=1S/C31H28N2O6S/c1-38-22-14-12-20(13-15-22)18-39-31(36)27-24-17-23(21-10-6-3-7-11-21)28(24)40(37)30-26(29(35)33(27)30)32-25(34)16-19-8-4-2-5-9-19/h2-15,23,26,28,30H,16-18H2,1H3,(H,32,34)/t23?,26-,28+,30-,40+/m1/s1. The lowest BCUT2D eigenvalue weighted by atomic mass is 9.73. The van der Waals surface area contributed by atoms with E-state index >= 15 is 0 Å². The lowest BCUT2D eigenvalue weighted by Gasteiger charge is -2.55. The van der Waals surface area contributed by atoms with Gasteiger partial charge in [0.15, 0.2) is 0 Å². The molecule has 5 atom stereocenters. The number of hydrogen-bond donors (Lipinski definition) is 1. The third-order valence-corrected chi connectivity index (χ3v) is 9.77. The number of methoxy groups -OCH3 is 1. The van der Waals surface area contributed by atoms with E-state index < -0.39 is 39.3 Å². The Balaban J connectivity index is 1.25. The number of nitrogens with one attached hydrogen (secondary N) is 1. The van der Waals surface area contributed by atoms with E-state index in [4.69, 9.17) is 9.47 Å². The number of ether oxygens (including phenoxy) is 2. The average molecular weight is 557 g/mol. The Morgan fingerprint density at radius 2 is 1.62 bits per heavy atom. The van der Waals surface area contributed by atoms with E-state index in [-0.39, 0.29) is 30.5 Å². The topological polar surface area (TPSA) is 102 Å². The maximum absolute atomic E-state index is 13.9. The molecule has 0 aromatic heterocycles. The molecule has 2 aliphatic heterocycles. The van der Waals surface area contributed by atoms with E-state index in [1.165, 1.54) is 4.90 Å². The van der Waals surface area contributed by atoms with Gasteiger partial charge in [-0.1, -0.05) is 72.8 Å². The van der Waals surface area contributed by atoms with Crippen molar-refractivity contribution in [2.45, 2.75) is 42.0 Å². The molecule has 0 radical (unpaired) electrons. The molecule has 0 bridgehead atoms. The van der Waals surface area contributed by atoms with Crippen molar-refractivity contribution >= 4 is 28.6 Å². The monoisotopic (exact) mass is 556 g/mol. The van der Waals surface area contributed by atoms with Gasteiger partial charge in [0.2, 0.25) is 5.91 Å². The Labute approximate surface area is 234 Å². The van der Waals surface area contributed by atoms with Gasteiger partial charge in [-0.15, -0.1) is 0 Å². The lowest BCUT2D eigenvalue weighted by molar-refractivity contribution is -0.154. The van der Waals surface area contributed by atoms with E-state index in [2.05, 4.69) is 5.32 Å². The van der Waals surface area contributed by atoms with Crippen LogP contribution in [0.4, 0.5) is 0 Å². The molecule has 204 valence electrons. The number of nitrogens with zero attached hydrogens (tertiary/aromatic N) is 1. The zero-order valence-electron chi connectivity index (χ0n) is 21.8. The highest BCUT2D eigenvalue weighted by Gasteiger charge is 2.63. The van der Waals surface area contributed by atoms with Crippen molar-refractivity contribution in [2.24, 2.45) is 0 Å². The maximum atomic E-state index is 13.9. The van der Waals surface area contributed by atoms with E-state index in [1.54, 1.807) is 31.4 Å². The number of hydrogen-bond acceptors (Lipinski definition) is 6. The number of rotatable bonds is 8. The predicted octanol–water partition coefficient (Wildman–Crippen LogP) is 3.21. The molecule has 3 aliphatic rings. The van der Waals surface area contributed by atoms with Gasteiger partial charge in [-0.05, 0) is 40.8 Å². The molecule has 3 aromatic rings. The molecule has 1 unspecified atom stereocenters.